The second-order valence-electron chi connectivity index (χ2n) is 3.63. The summed E-state index contributed by atoms with van der Waals surface area (Å²) in [7, 11) is 3.57. The van der Waals surface area contributed by atoms with E-state index in [4.69, 9.17) is 0 Å². The van der Waals surface area contributed by atoms with E-state index in [0.717, 1.165) is 12.8 Å². The quantitative estimate of drug-likeness (QED) is 0.700. The number of nitrogens with zero attached hydrogens (tertiary/aromatic N) is 1. The predicted molar refractivity (Wildman–Crippen MR) is 55.7 cm³/mol. The Morgan fingerprint density at radius 2 is 1.77 bits per heavy atom. The molecule has 0 aromatic carbocycles. The van der Waals surface area contributed by atoms with Crippen LogP contribution in [0.25, 0.3) is 0 Å². The second kappa shape index (κ2) is 5.97. The van der Waals surface area contributed by atoms with Crippen molar-refractivity contribution in [3.63, 3.8) is 0 Å². The zero-order chi connectivity index (χ0) is 10.4. The Hall–Kier alpha value is -0.570. The first-order chi connectivity index (χ1) is 6.02. The topological polar surface area (TPSA) is 32.3 Å². The normalized spacial score (nSPS) is 13.1. The van der Waals surface area contributed by atoms with Crippen LogP contribution in [-0.2, 0) is 4.79 Å². The standard InChI is InChI=1S/C10H22N2O/c1-6-9(7-2)11-8(3)10(13)12(4)5/h8-9,11H,6-7H2,1-5H3/t8-/m1/s1. The van der Waals surface area contributed by atoms with Gasteiger partial charge in [-0.25, -0.2) is 0 Å². The molecule has 0 spiro atoms. The van der Waals surface area contributed by atoms with Gasteiger partial charge in [0.2, 0.25) is 5.91 Å². The van der Waals surface area contributed by atoms with Crippen LogP contribution in [0.5, 0.6) is 0 Å². The van der Waals surface area contributed by atoms with E-state index >= 15 is 0 Å². The Morgan fingerprint density at radius 3 is 2.08 bits per heavy atom. The van der Waals surface area contributed by atoms with Crippen molar-refractivity contribution in [2.45, 2.75) is 45.7 Å². The number of amides is 1. The van der Waals surface area contributed by atoms with E-state index in [0.29, 0.717) is 6.04 Å². The third-order valence-corrected chi connectivity index (χ3v) is 2.28. The molecule has 3 heteroatoms. The van der Waals surface area contributed by atoms with Crippen molar-refractivity contribution in [1.82, 2.24) is 10.2 Å². The van der Waals surface area contributed by atoms with Crippen molar-refractivity contribution < 1.29 is 4.79 Å². The van der Waals surface area contributed by atoms with E-state index < -0.39 is 0 Å². The lowest BCUT2D eigenvalue weighted by Crippen LogP contribution is -2.45. The number of hydrogen-bond acceptors (Lipinski definition) is 2. The molecule has 3 nitrogen and oxygen atoms in total. The Balaban J connectivity index is 3.97. The monoisotopic (exact) mass is 186 g/mol. The van der Waals surface area contributed by atoms with E-state index in [1.54, 1.807) is 19.0 Å². The highest BCUT2D eigenvalue weighted by Crippen LogP contribution is 1.99. The SMILES string of the molecule is CCC(CC)N[C@H](C)C(=O)N(C)C. The lowest BCUT2D eigenvalue weighted by molar-refractivity contribution is -0.130. The average Bonchev–Trinajstić information content (AvgIpc) is 2.12. The van der Waals surface area contributed by atoms with Crippen molar-refractivity contribution in [2.75, 3.05) is 14.1 Å². The summed E-state index contributed by atoms with van der Waals surface area (Å²) in [5.41, 5.74) is 0. The molecule has 0 saturated carbocycles. The van der Waals surface area contributed by atoms with Crippen LogP contribution < -0.4 is 5.32 Å². The molecule has 0 aromatic rings. The summed E-state index contributed by atoms with van der Waals surface area (Å²) in [5, 5.41) is 3.31. The van der Waals surface area contributed by atoms with Crippen molar-refractivity contribution in [3.05, 3.63) is 0 Å². The number of hydrogen-bond donors (Lipinski definition) is 1. The molecule has 0 aliphatic rings. The van der Waals surface area contributed by atoms with E-state index in [2.05, 4.69) is 19.2 Å². The van der Waals surface area contributed by atoms with Gasteiger partial charge in [-0.3, -0.25) is 4.79 Å². The van der Waals surface area contributed by atoms with Gasteiger partial charge in [-0.2, -0.15) is 0 Å². The fourth-order valence-electron chi connectivity index (χ4n) is 1.34. The number of carbonyl (C=O) groups is 1. The third kappa shape index (κ3) is 4.27. The minimum Gasteiger partial charge on any atom is -0.347 e. The van der Waals surface area contributed by atoms with E-state index in [1.165, 1.54) is 0 Å². The maximum atomic E-state index is 11.5. The Morgan fingerprint density at radius 1 is 1.31 bits per heavy atom. The molecular formula is C10H22N2O. The smallest absolute Gasteiger partial charge is 0.238 e. The maximum Gasteiger partial charge on any atom is 0.238 e. The van der Waals surface area contributed by atoms with Gasteiger partial charge in [0.15, 0.2) is 0 Å². The molecule has 0 rings (SSSR count). The number of rotatable bonds is 5. The van der Waals surface area contributed by atoms with Crippen LogP contribution in [0, 0.1) is 0 Å². The molecule has 0 fully saturated rings. The highest BCUT2D eigenvalue weighted by atomic mass is 16.2. The third-order valence-electron chi connectivity index (χ3n) is 2.28. The summed E-state index contributed by atoms with van der Waals surface area (Å²) in [5.74, 6) is 0.145. The van der Waals surface area contributed by atoms with Crippen molar-refractivity contribution in [3.8, 4) is 0 Å². The Kier molecular flexibility index (Phi) is 5.71. The lowest BCUT2D eigenvalue weighted by atomic mass is 10.1. The number of carbonyl (C=O) groups excluding carboxylic acids is 1. The van der Waals surface area contributed by atoms with Gasteiger partial charge in [-0.05, 0) is 19.8 Å². The molecule has 0 radical (unpaired) electrons. The predicted octanol–water partition coefficient (Wildman–Crippen LogP) is 1.24. The molecule has 1 atom stereocenters. The Labute approximate surface area is 81.5 Å². The summed E-state index contributed by atoms with van der Waals surface area (Å²) in [6, 6.07) is 0.388. The molecule has 0 heterocycles. The lowest BCUT2D eigenvalue weighted by Gasteiger charge is -2.22. The molecule has 1 N–H and O–H groups in total. The first-order valence-electron chi connectivity index (χ1n) is 5.00. The van der Waals surface area contributed by atoms with Crippen LogP contribution in [0.3, 0.4) is 0 Å². The van der Waals surface area contributed by atoms with Crippen LogP contribution >= 0.6 is 0 Å². The molecule has 0 bridgehead atoms. The van der Waals surface area contributed by atoms with Crippen LogP contribution in [0.1, 0.15) is 33.6 Å². The molecule has 0 aliphatic heterocycles. The summed E-state index contributed by atoms with van der Waals surface area (Å²) in [6.07, 6.45) is 2.14. The van der Waals surface area contributed by atoms with Gasteiger partial charge in [0.1, 0.15) is 0 Å². The summed E-state index contributed by atoms with van der Waals surface area (Å²) in [6.45, 7) is 6.18. The van der Waals surface area contributed by atoms with Gasteiger partial charge in [0.25, 0.3) is 0 Å². The highest BCUT2D eigenvalue weighted by Gasteiger charge is 2.16. The summed E-state index contributed by atoms with van der Waals surface area (Å²) >= 11 is 0. The first-order valence-corrected chi connectivity index (χ1v) is 5.00. The van der Waals surface area contributed by atoms with Gasteiger partial charge >= 0.3 is 0 Å². The van der Waals surface area contributed by atoms with Crippen molar-refractivity contribution >= 4 is 5.91 Å². The molecule has 1 amide bonds. The molecule has 78 valence electrons. The fourth-order valence-corrected chi connectivity index (χ4v) is 1.34. The minimum atomic E-state index is -0.0695. The number of nitrogens with one attached hydrogen (secondary N) is 1. The highest BCUT2D eigenvalue weighted by molar-refractivity contribution is 5.80. The van der Waals surface area contributed by atoms with Crippen LogP contribution in [-0.4, -0.2) is 37.0 Å². The van der Waals surface area contributed by atoms with Gasteiger partial charge in [0.05, 0.1) is 6.04 Å². The maximum absolute atomic E-state index is 11.5. The first kappa shape index (κ1) is 12.4. The van der Waals surface area contributed by atoms with E-state index in [-0.39, 0.29) is 11.9 Å². The van der Waals surface area contributed by atoms with E-state index in [1.807, 2.05) is 6.92 Å². The minimum absolute atomic E-state index is 0.0695. The summed E-state index contributed by atoms with van der Waals surface area (Å²) < 4.78 is 0. The summed E-state index contributed by atoms with van der Waals surface area (Å²) in [4.78, 5) is 13.1. The fraction of sp³-hybridized carbons (Fsp3) is 0.900. The molecule has 0 saturated heterocycles. The molecule has 0 unspecified atom stereocenters. The van der Waals surface area contributed by atoms with Crippen molar-refractivity contribution in [1.29, 1.82) is 0 Å². The largest absolute Gasteiger partial charge is 0.347 e. The van der Waals surface area contributed by atoms with Crippen LogP contribution in [0.4, 0.5) is 0 Å². The van der Waals surface area contributed by atoms with Crippen LogP contribution in [0.2, 0.25) is 0 Å². The zero-order valence-electron chi connectivity index (χ0n) is 9.42. The Bertz CT molecular complexity index is 153. The van der Waals surface area contributed by atoms with E-state index in [9.17, 15) is 4.79 Å². The molecule has 0 aliphatic carbocycles. The average molecular weight is 186 g/mol. The van der Waals surface area contributed by atoms with Gasteiger partial charge in [-0.1, -0.05) is 13.8 Å². The van der Waals surface area contributed by atoms with Crippen LogP contribution in [0.15, 0.2) is 0 Å². The molecule has 0 aromatic heterocycles. The van der Waals surface area contributed by atoms with Gasteiger partial charge < -0.3 is 10.2 Å². The van der Waals surface area contributed by atoms with Gasteiger partial charge in [-0.15, -0.1) is 0 Å². The van der Waals surface area contributed by atoms with Crippen molar-refractivity contribution in [2.24, 2.45) is 0 Å². The second-order valence-corrected chi connectivity index (χ2v) is 3.63. The van der Waals surface area contributed by atoms with Gasteiger partial charge in [0, 0.05) is 20.1 Å². The zero-order valence-corrected chi connectivity index (χ0v) is 9.42. The number of likely N-dealkylation sites (N-methyl/N-ethyl adjacent to an activating group) is 1. The molecule has 13 heavy (non-hydrogen) atoms. The molecular weight excluding hydrogens is 164 g/mol.